The van der Waals surface area contributed by atoms with Crippen LogP contribution in [0.3, 0.4) is 0 Å². The van der Waals surface area contributed by atoms with Crippen molar-refractivity contribution in [3.63, 3.8) is 0 Å². The molecule has 0 saturated carbocycles. The summed E-state index contributed by atoms with van der Waals surface area (Å²) in [6.45, 7) is 5.96. The third kappa shape index (κ3) is 3.22. The first-order chi connectivity index (χ1) is 6.56. The van der Waals surface area contributed by atoms with E-state index in [1.165, 1.54) is 0 Å². The maximum absolute atomic E-state index is 11.1. The van der Waals surface area contributed by atoms with Crippen LogP contribution >= 0.6 is 0 Å². The second-order valence-electron chi connectivity index (χ2n) is 2.25. The van der Waals surface area contributed by atoms with Gasteiger partial charge in [-0.15, -0.1) is 0 Å². The molecule has 0 heterocycles. The molecule has 14 heavy (non-hydrogen) atoms. The third-order valence-electron chi connectivity index (χ3n) is 1.40. The normalized spacial score (nSPS) is 8.64. The molecule has 0 bridgehead atoms. The van der Waals surface area contributed by atoms with Crippen molar-refractivity contribution >= 4 is 17.8 Å². The van der Waals surface area contributed by atoms with Gasteiger partial charge in [-0.3, -0.25) is 19.3 Å². The maximum atomic E-state index is 11.1. The van der Waals surface area contributed by atoms with Gasteiger partial charge in [-0.05, 0) is 12.2 Å². The highest BCUT2D eigenvalue weighted by atomic mass is 16.5. The van der Waals surface area contributed by atoms with Crippen molar-refractivity contribution in [3.8, 4) is 0 Å². The fraction of sp³-hybridized carbons (Fsp3) is 0.222. The van der Waals surface area contributed by atoms with Crippen molar-refractivity contribution in [2.45, 2.75) is 0 Å². The van der Waals surface area contributed by atoms with Crippen LogP contribution in [-0.4, -0.2) is 36.3 Å². The summed E-state index contributed by atoms with van der Waals surface area (Å²) < 4.78 is 4.32. The van der Waals surface area contributed by atoms with Gasteiger partial charge < -0.3 is 4.74 Å². The van der Waals surface area contributed by atoms with Crippen LogP contribution in [0.4, 0.5) is 0 Å². The minimum Gasteiger partial charge on any atom is -0.468 e. The molecule has 0 atom stereocenters. The van der Waals surface area contributed by atoms with Crippen molar-refractivity contribution < 1.29 is 19.1 Å². The van der Waals surface area contributed by atoms with Crippen molar-refractivity contribution in [3.05, 3.63) is 25.3 Å². The molecule has 0 rings (SSSR count). The Balaban J connectivity index is 4.63. The van der Waals surface area contributed by atoms with Crippen LogP contribution in [0.1, 0.15) is 0 Å². The Morgan fingerprint density at radius 3 is 1.93 bits per heavy atom. The van der Waals surface area contributed by atoms with Gasteiger partial charge >= 0.3 is 5.97 Å². The van der Waals surface area contributed by atoms with Gasteiger partial charge in [-0.25, -0.2) is 0 Å². The lowest BCUT2D eigenvalue weighted by Gasteiger charge is -2.15. The predicted molar refractivity (Wildman–Crippen MR) is 49.1 cm³/mol. The largest absolute Gasteiger partial charge is 0.468 e. The number of rotatable bonds is 4. The second-order valence-corrected chi connectivity index (χ2v) is 2.25. The van der Waals surface area contributed by atoms with Crippen molar-refractivity contribution in [1.82, 2.24) is 4.90 Å². The van der Waals surface area contributed by atoms with Crippen molar-refractivity contribution in [1.29, 1.82) is 0 Å². The molecule has 0 N–H and O–H groups in total. The zero-order chi connectivity index (χ0) is 11.1. The van der Waals surface area contributed by atoms with E-state index in [4.69, 9.17) is 0 Å². The van der Waals surface area contributed by atoms with E-state index in [1.807, 2.05) is 0 Å². The summed E-state index contributed by atoms with van der Waals surface area (Å²) in [5, 5.41) is 0. The number of hydrogen-bond donors (Lipinski definition) is 0. The fourth-order valence-corrected chi connectivity index (χ4v) is 0.678. The molecular weight excluding hydrogens is 186 g/mol. The Morgan fingerprint density at radius 2 is 1.64 bits per heavy atom. The first-order valence-electron chi connectivity index (χ1n) is 3.74. The molecule has 0 radical (unpaired) electrons. The van der Waals surface area contributed by atoms with E-state index in [9.17, 15) is 14.4 Å². The van der Waals surface area contributed by atoms with Gasteiger partial charge in [-0.1, -0.05) is 13.2 Å². The lowest BCUT2D eigenvalue weighted by atomic mass is 10.4. The molecule has 0 aliphatic rings. The van der Waals surface area contributed by atoms with E-state index in [0.717, 1.165) is 19.3 Å². The number of carbonyl (C=O) groups is 3. The number of hydrogen-bond acceptors (Lipinski definition) is 4. The quantitative estimate of drug-likeness (QED) is 0.466. The van der Waals surface area contributed by atoms with Gasteiger partial charge in [0.1, 0.15) is 6.54 Å². The van der Waals surface area contributed by atoms with Crippen LogP contribution < -0.4 is 0 Å². The SMILES string of the molecule is C=CC(=O)N(CC(=O)OC)C(=O)C=C. The highest BCUT2D eigenvalue weighted by Crippen LogP contribution is 1.94. The highest BCUT2D eigenvalue weighted by Gasteiger charge is 2.19. The average molecular weight is 197 g/mol. The zero-order valence-corrected chi connectivity index (χ0v) is 7.86. The highest BCUT2D eigenvalue weighted by molar-refractivity contribution is 6.06. The number of esters is 1. The minimum absolute atomic E-state index is 0.438. The minimum atomic E-state index is -0.685. The number of amides is 2. The average Bonchev–Trinajstić information content (AvgIpc) is 2.23. The molecule has 0 aromatic carbocycles. The molecule has 2 amide bonds. The number of nitrogens with zero attached hydrogens (tertiary/aromatic N) is 1. The summed E-state index contributed by atoms with van der Waals surface area (Å²) in [7, 11) is 1.16. The van der Waals surface area contributed by atoms with Crippen LogP contribution in [0.5, 0.6) is 0 Å². The molecule has 76 valence electrons. The molecular formula is C9H11NO4. The first kappa shape index (κ1) is 12.1. The van der Waals surface area contributed by atoms with E-state index >= 15 is 0 Å². The number of imide groups is 1. The maximum Gasteiger partial charge on any atom is 0.325 e. The second kappa shape index (κ2) is 5.69. The summed E-state index contributed by atoms with van der Waals surface area (Å²) in [4.78, 5) is 33.7. The Labute approximate surface area is 81.6 Å². The Morgan fingerprint density at radius 1 is 1.21 bits per heavy atom. The fourth-order valence-electron chi connectivity index (χ4n) is 0.678. The van der Waals surface area contributed by atoms with Gasteiger partial charge in [-0.2, -0.15) is 0 Å². The molecule has 0 unspecified atom stereocenters. The molecule has 5 nitrogen and oxygen atoms in total. The lowest BCUT2D eigenvalue weighted by molar-refractivity contribution is -0.150. The van der Waals surface area contributed by atoms with Gasteiger partial charge in [0.15, 0.2) is 0 Å². The summed E-state index contributed by atoms with van der Waals surface area (Å²) in [6, 6.07) is 0. The number of carbonyl (C=O) groups excluding carboxylic acids is 3. The molecule has 0 aromatic heterocycles. The summed E-state index contributed by atoms with van der Waals surface area (Å²) >= 11 is 0. The van der Waals surface area contributed by atoms with E-state index in [0.29, 0.717) is 4.90 Å². The third-order valence-corrected chi connectivity index (χ3v) is 1.40. The monoisotopic (exact) mass is 197 g/mol. The topological polar surface area (TPSA) is 63.7 Å². The molecule has 0 fully saturated rings. The van der Waals surface area contributed by atoms with Gasteiger partial charge in [0.2, 0.25) is 0 Å². The van der Waals surface area contributed by atoms with Crippen molar-refractivity contribution in [2.24, 2.45) is 0 Å². The van der Waals surface area contributed by atoms with Gasteiger partial charge in [0, 0.05) is 0 Å². The zero-order valence-electron chi connectivity index (χ0n) is 7.86. The van der Waals surface area contributed by atoms with E-state index < -0.39 is 24.3 Å². The summed E-state index contributed by atoms with van der Waals surface area (Å²) in [6.07, 6.45) is 1.87. The summed E-state index contributed by atoms with van der Waals surface area (Å²) in [5.74, 6) is -2.02. The van der Waals surface area contributed by atoms with Crippen LogP contribution in [0.25, 0.3) is 0 Å². The van der Waals surface area contributed by atoms with Crippen LogP contribution in [0.2, 0.25) is 0 Å². The Kier molecular flexibility index (Phi) is 4.91. The van der Waals surface area contributed by atoms with Crippen LogP contribution in [0, 0.1) is 0 Å². The van der Waals surface area contributed by atoms with E-state index in [1.54, 1.807) is 0 Å². The predicted octanol–water partition coefficient (Wildman–Crippen LogP) is -0.113. The summed E-state index contributed by atoms with van der Waals surface area (Å²) in [5.41, 5.74) is 0. The molecule has 0 aromatic rings. The molecule has 0 saturated heterocycles. The molecule has 5 heteroatoms. The van der Waals surface area contributed by atoms with Gasteiger partial charge in [0.25, 0.3) is 11.8 Å². The van der Waals surface area contributed by atoms with Crippen LogP contribution in [-0.2, 0) is 19.1 Å². The first-order valence-corrected chi connectivity index (χ1v) is 3.74. The van der Waals surface area contributed by atoms with Crippen molar-refractivity contribution in [2.75, 3.05) is 13.7 Å². The lowest BCUT2D eigenvalue weighted by Crippen LogP contribution is -2.38. The smallest absolute Gasteiger partial charge is 0.325 e. The molecule has 0 aliphatic heterocycles. The van der Waals surface area contributed by atoms with Gasteiger partial charge in [0.05, 0.1) is 7.11 Å². The van der Waals surface area contributed by atoms with E-state index in [2.05, 4.69) is 17.9 Å². The molecule has 0 spiro atoms. The molecule has 0 aliphatic carbocycles. The van der Waals surface area contributed by atoms with Crippen LogP contribution in [0.15, 0.2) is 25.3 Å². The Bertz CT molecular complexity index is 263. The van der Waals surface area contributed by atoms with E-state index in [-0.39, 0.29) is 0 Å². The standard InChI is InChI=1S/C9H11NO4/c1-4-7(11)10(8(12)5-2)6-9(13)14-3/h4-5H,1-2,6H2,3H3. The number of methoxy groups -OCH3 is 1. The number of ether oxygens (including phenoxy) is 1. The Hall–Kier alpha value is -1.91.